The third-order valence-corrected chi connectivity index (χ3v) is 6.37. The minimum atomic E-state index is -3.78. The van der Waals surface area contributed by atoms with E-state index in [1.165, 1.54) is 18.4 Å². The first-order valence-corrected chi connectivity index (χ1v) is 9.10. The van der Waals surface area contributed by atoms with E-state index in [2.05, 4.69) is 14.4 Å². The summed E-state index contributed by atoms with van der Waals surface area (Å²) in [5.74, 6) is -0.651. The molecule has 0 fully saturated rings. The quantitative estimate of drug-likeness (QED) is 0.838. The number of ether oxygens (including phenoxy) is 1. The van der Waals surface area contributed by atoms with Gasteiger partial charge in [0.15, 0.2) is 0 Å². The molecule has 21 heavy (non-hydrogen) atoms. The van der Waals surface area contributed by atoms with E-state index in [4.69, 9.17) is 0 Å². The predicted octanol–water partition coefficient (Wildman–Crippen LogP) is 2.09. The van der Waals surface area contributed by atoms with Gasteiger partial charge in [-0.05, 0) is 24.8 Å². The molecule has 0 aliphatic heterocycles. The second kappa shape index (κ2) is 6.22. The third-order valence-electron chi connectivity index (χ3n) is 2.66. The molecule has 0 saturated heterocycles. The smallest absolute Gasteiger partial charge is 0.349 e. The zero-order valence-electron chi connectivity index (χ0n) is 11.7. The maximum atomic E-state index is 12.4. The Bertz CT molecular complexity index is 761. The van der Waals surface area contributed by atoms with Crippen molar-refractivity contribution in [3.63, 3.8) is 0 Å². The largest absolute Gasteiger partial charge is 0.465 e. The molecule has 2 rings (SSSR count). The van der Waals surface area contributed by atoms with Crippen LogP contribution in [0.2, 0.25) is 0 Å². The molecule has 2 aromatic heterocycles. The Morgan fingerprint density at radius 3 is 2.71 bits per heavy atom. The number of aryl methyl sites for hydroxylation is 2. The highest BCUT2D eigenvalue weighted by atomic mass is 32.2. The summed E-state index contributed by atoms with van der Waals surface area (Å²) >= 11 is 2.48. The number of hydrogen-bond donors (Lipinski definition) is 1. The lowest BCUT2D eigenvalue weighted by atomic mass is 10.3. The van der Waals surface area contributed by atoms with Gasteiger partial charge in [0.2, 0.25) is 10.0 Å². The Balaban J connectivity index is 2.27. The predicted molar refractivity (Wildman–Crippen MR) is 81.3 cm³/mol. The van der Waals surface area contributed by atoms with E-state index in [1.807, 2.05) is 6.92 Å². The van der Waals surface area contributed by atoms with Crippen molar-refractivity contribution in [3.05, 3.63) is 31.9 Å². The monoisotopic (exact) mass is 346 g/mol. The van der Waals surface area contributed by atoms with Gasteiger partial charge >= 0.3 is 5.97 Å². The van der Waals surface area contributed by atoms with Gasteiger partial charge in [0.1, 0.15) is 9.77 Å². The minimum Gasteiger partial charge on any atom is -0.465 e. The van der Waals surface area contributed by atoms with Crippen molar-refractivity contribution in [1.82, 2.24) is 9.71 Å². The lowest BCUT2D eigenvalue weighted by Gasteiger charge is -2.07. The molecule has 0 aliphatic rings. The molecule has 0 spiro atoms. The number of carbonyl (C=O) groups is 1. The van der Waals surface area contributed by atoms with Crippen LogP contribution in [-0.4, -0.2) is 26.5 Å². The molecule has 2 heterocycles. The number of esters is 1. The minimum absolute atomic E-state index is 0.0133. The van der Waals surface area contributed by atoms with Crippen molar-refractivity contribution in [3.8, 4) is 0 Å². The van der Waals surface area contributed by atoms with Crippen LogP contribution in [0.1, 0.15) is 25.1 Å². The van der Waals surface area contributed by atoms with Gasteiger partial charge in [0, 0.05) is 17.6 Å². The van der Waals surface area contributed by atoms with E-state index in [1.54, 1.807) is 18.5 Å². The highest BCUT2D eigenvalue weighted by molar-refractivity contribution is 7.89. The van der Waals surface area contributed by atoms with E-state index in [0.29, 0.717) is 5.56 Å². The Kier molecular flexibility index (Phi) is 4.77. The van der Waals surface area contributed by atoms with Gasteiger partial charge < -0.3 is 4.74 Å². The van der Waals surface area contributed by atoms with Crippen molar-refractivity contribution in [2.45, 2.75) is 25.3 Å². The van der Waals surface area contributed by atoms with Gasteiger partial charge in [0.25, 0.3) is 0 Å². The van der Waals surface area contributed by atoms with Crippen LogP contribution in [-0.2, 0) is 21.3 Å². The Morgan fingerprint density at radius 2 is 2.14 bits per heavy atom. The molecule has 0 atom stereocenters. The molecular weight excluding hydrogens is 332 g/mol. The zero-order chi connectivity index (χ0) is 15.6. The summed E-state index contributed by atoms with van der Waals surface area (Å²) in [6.45, 7) is 3.64. The number of nitrogens with zero attached hydrogens (tertiary/aromatic N) is 1. The van der Waals surface area contributed by atoms with Crippen molar-refractivity contribution in [1.29, 1.82) is 0 Å². The number of nitrogens with one attached hydrogen (secondary N) is 1. The number of sulfonamides is 1. The molecule has 6 nitrogen and oxygen atoms in total. The number of hydrogen-bond acceptors (Lipinski definition) is 7. The van der Waals surface area contributed by atoms with Crippen LogP contribution in [0.25, 0.3) is 0 Å². The molecule has 0 aromatic carbocycles. The first kappa shape index (κ1) is 16.1. The van der Waals surface area contributed by atoms with Gasteiger partial charge in [0.05, 0.1) is 12.1 Å². The van der Waals surface area contributed by atoms with Crippen LogP contribution in [0, 0.1) is 13.8 Å². The standard InChI is InChI=1S/C12H14N2O4S3/c1-7-6-19-10(12(15)18-3)11(7)21(16,17)14-5-9-4-13-8(2)20-9/h4,6,14H,5H2,1-3H3. The number of thiazole rings is 1. The molecule has 0 amide bonds. The molecular formula is C12H14N2O4S3. The molecule has 0 saturated carbocycles. The van der Waals surface area contributed by atoms with Crippen molar-refractivity contribution >= 4 is 38.7 Å². The third kappa shape index (κ3) is 3.49. The maximum Gasteiger partial charge on any atom is 0.349 e. The first-order chi connectivity index (χ1) is 9.85. The highest BCUT2D eigenvalue weighted by Gasteiger charge is 2.27. The number of methoxy groups -OCH3 is 1. The summed E-state index contributed by atoms with van der Waals surface area (Å²) in [7, 11) is -2.56. The van der Waals surface area contributed by atoms with Gasteiger partial charge in [-0.1, -0.05) is 0 Å². The molecule has 114 valence electrons. The Labute approximate surface area is 130 Å². The van der Waals surface area contributed by atoms with Crippen LogP contribution in [0.15, 0.2) is 16.5 Å². The van der Waals surface area contributed by atoms with E-state index < -0.39 is 16.0 Å². The van der Waals surface area contributed by atoms with Crippen LogP contribution in [0.5, 0.6) is 0 Å². The second-order valence-electron chi connectivity index (χ2n) is 4.24. The summed E-state index contributed by atoms with van der Waals surface area (Å²) in [4.78, 5) is 16.6. The molecule has 1 N–H and O–H groups in total. The van der Waals surface area contributed by atoms with Gasteiger partial charge in [-0.15, -0.1) is 22.7 Å². The van der Waals surface area contributed by atoms with E-state index in [9.17, 15) is 13.2 Å². The average Bonchev–Trinajstić information content (AvgIpc) is 3.02. The summed E-state index contributed by atoms with van der Waals surface area (Å²) in [6, 6.07) is 0. The summed E-state index contributed by atoms with van der Waals surface area (Å²) in [5.41, 5.74) is 0.522. The second-order valence-corrected chi connectivity index (χ2v) is 8.14. The molecule has 0 radical (unpaired) electrons. The van der Waals surface area contributed by atoms with Gasteiger partial charge in [-0.3, -0.25) is 0 Å². The number of thiophene rings is 1. The topological polar surface area (TPSA) is 85.4 Å². The normalized spacial score (nSPS) is 11.6. The van der Waals surface area contributed by atoms with E-state index in [-0.39, 0.29) is 16.3 Å². The van der Waals surface area contributed by atoms with Crippen molar-refractivity contribution < 1.29 is 17.9 Å². The zero-order valence-corrected chi connectivity index (χ0v) is 14.1. The maximum absolute atomic E-state index is 12.4. The fourth-order valence-electron chi connectivity index (χ4n) is 1.73. The van der Waals surface area contributed by atoms with E-state index >= 15 is 0 Å². The van der Waals surface area contributed by atoms with Crippen LogP contribution >= 0.6 is 22.7 Å². The van der Waals surface area contributed by atoms with Crippen molar-refractivity contribution in [2.75, 3.05) is 7.11 Å². The molecule has 0 bridgehead atoms. The van der Waals surface area contributed by atoms with Crippen molar-refractivity contribution in [2.24, 2.45) is 0 Å². The fraction of sp³-hybridized carbons (Fsp3) is 0.333. The molecule has 0 aliphatic carbocycles. The van der Waals surface area contributed by atoms with E-state index in [0.717, 1.165) is 21.2 Å². The van der Waals surface area contributed by atoms with Crippen LogP contribution in [0.4, 0.5) is 0 Å². The molecule has 9 heteroatoms. The van der Waals surface area contributed by atoms with Crippen LogP contribution in [0.3, 0.4) is 0 Å². The van der Waals surface area contributed by atoms with Gasteiger partial charge in [-0.25, -0.2) is 22.9 Å². The summed E-state index contributed by atoms with van der Waals surface area (Å²) < 4.78 is 31.9. The number of aromatic nitrogens is 1. The fourth-order valence-corrected chi connectivity index (χ4v) is 5.26. The van der Waals surface area contributed by atoms with Gasteiger partial charge in [-0.2, -0.15) is 0 Å². The summed E-state index contributed by atoms with van der Waals surface area (Å²) in [5, 5.41) is 2.49. The lowest BCUT2D eigenvalue weighted by Crippen LogP contribution is -2.24. The first-order valence-electron chi connectivity index (χ1n) is 5.92. The average molecular weight is 346 g/mol. The number of rotatable bonds is 5. The highest BCUT2D eigenvalue weighted by Crippen LogP contribution is 2.27. The molecule has 2 aromatic rings. The molecule has 0 unspecified atom stereocenters. The summed E-state index contributed by atoms with van der Waals surface area (Å²) in [6.07, 6.45) is 1.63. The Morgan fingerprint density at radius 1 is 1.43 bits per heavy atom. The lowest BCUT2D eigenvalue weighted by molar-refractivity contribution is 0.0602. The Hall–Kier alpha value is -1.29. The number of carbonyl (C=O) groups excluding carboxylic acids is 1. The SMILES string of the molecule is COC(=O)c1scc(C)c1S(=O)(=O)NCc1cnc(C)s1. The van der Waals surface area contributed by atoms with Crippen LogP contribution < -0.4 is 4.72 Å².